The van der Waals surface area contributed by atoms with Crippen LogP contribution < -0.4 is 5.73 Å². The first-order valence-electron chi connectivity index (χ1n) is 5.29. The van der Waals surface area contributed by atoms with Gasteiger partial charge in [0, 0.05) is 5.56 Å². The summed E-state index contributed by atoms with van der Waals surface area (Å²) < 4.78 is 5.72. The highest BCUT2D eigenvalue weighted by Gasteiger charge is 2.44. The third-order valence-corrected chi connectivity index (χ3v) is 3.34. The van der Waals surface area contributed by atoms with Gasteiger partial charge in [-0.2, -0.15) is 0 Å². The summed E-state index contributed by atoms with van der Waals surface area (Å²) >= 11 is 0. The molecule has 0 saturated heterocycles. The highest BCUT2D eigenvalue weighted by atomic mass is 16.5. The van der Waals surface area contributed by atoms with Crippen LogP contribution in [-0.2, 0) is 16.8 Å². The van der Waals surface area contributed by atoms with Gasteiger partial charge in [-0.15, -0.1) is 0 Å². The van der Waals surface area contributed by atoms with Crippen molar-refractivity contribution in [1.29, 1.82) is 0 Å². The van der Waals surface area contributed by atoms with E-state index in [2.05, 4.69) is 30.1 Å². The van der Waals surface area contributed by atoms with Crippen molar-refractivity contribution in [1.82, 2.24) is 0 Å². The van der Waals surface area contributed by atoms with Crippen molar-refractivity contribution in [2.24, 2.45) is 10.7 Å². The molecule has 1 aliphatic carbocycles. The van der Waals surface area contributed by atoms with Crippen LogP contribution in [0.2, 0.25) is 0 Å². The number of nitrogens with zero attached hydrogens (tertiary/aromatic N) is 1. The van der Waals surface area contributed by atoms with Crippen LogP contribution in [0.1, 0.15) is 23.1 Å². The van der Waals surface area contributed by atoms with Crippen LogP contribution in [0, 0.1) is 6.92 Å². The average molecular weight is 202 g/mol. The highest BCUT2D eigenvalue weighted by Crippen LogP contribution is 2.42. The number of hydrogen-bond acceptors (Lipinski definition) is 3. The number of benzene rings is 1. The summed E-state index contributed by atoms with van der Waals surface area (Å²) in [5, 5.41) is 0. The largest absolute Gasteiger partial charge is 0.452 e. The normalized spacial score (nSPS) is 27.7. The second-order valence-electron chi connectivity index (χ2n) is 4.41. The fraction of sp³-hybridized carbons (Fsp3) is 0.417. The minimum Gasteiger partial charge on any atom is -0.452 e. The summed E-state index contributed by atoms with van der Waals surface area (Å²) in [5.74, 6) is 0. The van der Waals surface area contributed by atoms with Crippen LogP contribution in [0.5, 0.6) is 0 Å². The predicted molar refractivity (Wildman–Crippen MR) is 58.8 cm³/mol. The maximum Gasteiger partial charge on any atom is 0.283 e. The Labute approximate surface area is 89.0 Å². The first-order valence-corrected chi connectivity index (χ1v) is 5.29. The molecule has 3 nitrogen and oxygen atoms in total. The van der Waals surface area contributed by atoms with Crippen LogP contribution in [0.15, 0.2) is 23.2 Å². The van der Waals surface area contributed by atoms with E-state index in [9.17, 15) is 0 Å². The van der Waals surface area contributed by atoms with Gasteiger partial charge in [0.2, 0.25) is 0 Å². The molecule has 15 heavy (non-hydrogen) atoms. The SMILES string of the molecule is Cc1ccc2c(c1)C1(CC2)CN=C(N)O1. The van der Waals surface area contributed by atoms with E-state index in [0.29, 0.717) is 12.6 Å². The van der Waals surface area contributed by atoms with E-state index in [1.165, 1.54) is 16.7 Å². The van der Waals surface area contributed by atoms with Crippen LogP contribution in [0.4, 0.5) is 0 Å². The fourth-order valence-electron chi connectivity index (χ4n) is 2.54. The van der Waals surface area contributed by atoms with Crippen LogP contribution >= 0.6 is 0 Å². The summed E-state index contributed by atoms with van der Waals surface area (Å²) in [5.41, 5.74) is 9.30. The van der Waals surface area contributed by atoms with Crippen LogP contribution in [0.3, 0.4) is 0 Å². The van der Waals surface area contributed by atoms with E-state index in [1.807, 2.05) is 0 Å². The molecule has 0 bridgehead atoms. The number of fused-ring (bicyclic) bond motifs is 2. The number of amidine groups is 1. The van der Waals surface area contributed by atoms with Gasteiger partial charge in [-0.25, -0.2) is 4.99 Å². The molecule has 3 heteroatoms. The van der Waals surface area contributed by atoms with Gasteiger partial charge in [0.15, 0.2) is 5.60 Å². The van der Waals surface area contributed by atoms with Gasteiger partial charge in [-0.05, 0) is 25.3 Å². The Kier molecular flexibility index (Phi) is 1.61. The Morgan fingerprint density at radius 3 is 3.07 bits per heavy atom. The van der Waals surface area contributed by atoms with E-state index in [-0.39, 0.29) is 5.60 Å². The van der Waals surface area contributed by atoms with Crippen LogP contribution in [-0.4, -0.2) is 12.6 Å². The van der Waals surface area contributed by atoms with Gasteiger partial charge in [-0.1, -0.05) is 23.8 Å². The van der Waals surface area contributed by atoms with Crippen molar-refractivity contribution in [3.05, 3.63) is 34.9 Å². The number of ether oxygens (including phenoxy) is 1. The molecule has 2 aliphatic rings. The summed E-state index contributed by atoms with van der Waals surface area (Å²) in [7, 11) is 0. The molecule has 1 atom stereocenters. The minimum atomic E-state index is -0.245. The molecule has 78 valence electrons. The lowest BCUT2D eigenvalue weighted by Gasteiger charge is -2.23. The minimum absolute atomic E-state index is 0.245. The molecule has 1 aromatic rings. The lowest BCUT2D eigenvalue weighted by molar-refractivity contribution is 0.0858. The zero-order chi connectivity index (χ0) is 10.5. The molecule has 2 N–H and O–H groups in total. The zero-order valence-electron chi connectivity index (χ0n) is 8.79. The van der Waals surface area contributed by atoms with E-state index < -0.39 is 0 Å². The molecular formula is C12H14N2O. The van der Waals surface area contributed by atoms with Gasteiger partial charge in [0.1, 0.15) is 0 Å². The number of aryl methyl sites for hydroxylation is 2. The molecule has 0 aromatic heterocycles. The van der Waals surface area contributed by atoms with E-state index in [4.69, 9.17) is 10.5 Å². The fourth-order valence-corrected chi connectivity index (χ4v) is 2.54. The summed E-state index contributed by atoms with van der Waals surface area (Å²) in [6.07, 6.45) is 2.06. The third kappa shape index (κ3) is 1.16. The Hall–Kier alpha value is -1.51. The molecule has 0 radical (unpaired) electrons. The lowest BCUT2D eigenvalue weighted by atomic mass is 9.95. The number of nitrogens with two attached hydrogens (primary N) is 1. The van der Waals surface area contributed by atoms with Crippen LogP contribution in [0.25, 0.3) is 0 Å². The Balaban J connectivity index is 2.08. The first kappa shape index (κ1) is 8.77. The molecule has 0 amide bonds. The second-order valence-corrected chi connectivity index (χ2v) is 4.41. The highest BCUT2D eigenvalue weighted by molar-refractivity contribution is 5.74. The molecule has 1 spiro atoms. The van der Waals surface area contributed by atoms with E-state index >= 15 is 0 Å². The summed E-state index contributed by atoms with van der Waals surface area (Å²) in [6, 6.07) is 6.88. The molecule has 1 unspecified atom stereocenters. The van der Waals surface area contributed by atoms with Gasteiger partial charge in [0.05, 0.1) is 6.54 Å². The van der Waals surface area contributed by atoms with E-state index in [1.54, 1.807) is 0 Å². The van der Waals surface area contributed by atoms with Crippen molar-refractivity contribution in [3.63, 3.8) is 0 Å². The van der Waals surface area contributed by atoms with Gasteiger partial charge in [-0.3, -0.25) is 0 Å². The number of rotatable bonds is 0. The molecule has 3 rings (SSSR count). The monoisotopic (exact) mass is 202 g/mol. The molecule has 0 saturated carbocycles. The Morgan fingerprint density at radius 2 is 2.33 bits per heavy atom. The smallest absolute Gasteiger partial charge is 0.283 e. The molecular weight excluding hydrogens is 188 g/mol. The van der Waals surface area contributed by atoms with Crippen molar-refractivity contribution >= 4 is 6.02 Å². The Bertz CT molecular complexity index is 453. The Morgan fingerprint density at radius 1 is 1.47 bits per heavy atom. The topological polar surface area (TPSA) is 47.6 Å². The van der Waals surface area contributed by atoms with Crippen molar-refractivity contribution < 1.29 is 4.74 Å². The summed E-state index contributed by atoms with van der Waals surface area (Å²) in [6.45, 7) is 2.78. The maximum atomic E-state index is 5.72. The van der Waals surface area contributed by atoms with Gasteiger partial charge in [0.25, 0.3) is 6.02 Å². The van der Waals surface area contributed by atoms with Crippen molar-refractivity contribution in [2.45, 2.75) is 25.4 Å². The van der Waals surface area contributed by atoms with Crippen molar-refractivity contribution in [2.75, 3.05) is 6.54 Å². The van der Waals surface area contributed by atoms with E-state index in [0.717, 1.165) is 12.8 Å². The third-order valence-electron chi connectivity index (χ3n) is 3.34. The lowest BCUT2D eigenvalue weighted by Crippen LogP contribution is -2.29. The standard InChI is InChI=1S/C12H14N2O/c1-8-2-3-9-4-5-12(10(9)6-8)7-14-11(13)15-12/h2-3,6H,4-5,7H2,1H3,(H2,13,14). The molecule has 1 aliphatic heterocycles. The maximum absolute atomic E-state index is 5.72. The zero-order valence-corrected chi connectivity index (χ0v) is 8.79. The second kappa shape index (κ2) is 2.75. The summed E-state index contributed by atoms with van der Waals surface area (Å²) in [4.78, 5) is 4.17. The van der Waals surface area contributed by atoms with Crippen molar-refractivity contribution in [3.8, 4) is 0 Å². The number of hydrogen-bond donors (Lipinski definition) is 1. The van der Waals surface area contributed by atoms with Gasteiger partial charge < -0.3 is 10.5 Å². The predicted octanol–water partition coefficient (Wildman–Crippen LogP) is 1.48. The first-order chi connectivity index (χ1) is 7.20. The van der Waals surface area contributed by atoms with Gasteiger partial charge >= 0.3 is 0 Å². The quantitative estimate of drug-likeness (QED) is 0.692. The molecule has 1 aromatic carbocycles. The molecule has 0 fully saturated rings. The molecule has 1 heterocycles. The number of aliphatic imine (C=N–C) groups is 1. The average Bonchev–Trinajstić information content (AvgIpc) is 2.74.